The molecule has 1 unspecified atom stereocenters. The predicted molar refractivity (Wildman–Crippen MR) is 140 cm³/mol. The van der Waals surface area contributed by atoms with Crippen molar-refractivity contribution in [3.63, 3.8) is 0 Å². The number of thiophene rings is 1. The highest BCUT2D eigenvalue weighted by Crippen LogP contribution is 2.36. The number of benzene rings is 1. The van der Waals surface area contributed by atoms with Gasteiger partial charge in [-0.15, -0.1) is 21.5 Å². The molecule has 1 amide bonds. The summed E-state index contributed by atoms with van der Waals surface area (Å²) in [6.07, 6.45) is 2.74. The number of carbonyl (C=O) groups is 1. The van der Waals surface area contributed by atoms with Gasteiger partial charge in [0.05, 0.1) is 11.7 Å². The fourth-order valence-corrected chi connectivity index (χ4v) is 5.97. The summed E-state index contributed by atoms with van der Waals surface area (Å²) in [5.41, 5.74) is 4.05. The normalized spacial score (nSPS) is 12.4. The molecule has 178 valence electrons. The molecule has 0 saturated heterocycles. The van der Waals surface area contributed by atoms with Gasteiger partial charge in [-0.05, 0) is 49.8 Å². The second kappa shape index (κ2) is 9.76. The van der Waals surface area contributed by atoms with E-state index in [0.717, 1.165) is 27.4 Å². The summed E-state index contributed by atoms with van der Waals surface area (Å²) in [6, 6.07) is 5.52. The summed E-state index contributed by atoms with van der Waals surface area (Å²) >= 11 is 2.87. The summed E-state index contributed by atoms with van der Waals surface area (Å²) in [4.78, 5) is 33.1. The number of hydrogen-bond donors (Lipinski definition) is 1. The molecule has 0 saturated carbocycles. The van der Waals surface area contributed by atoms with Crippen LogP contribution in [-0.2, 0) is 11.2 Å². The minimum atomic E-state index is -0.699. The van der Waals surface area contributed by atoms with E-state index in [9.17, 15) is 9.59 Å². The van der Waals surface area contributed by atoms with E-state index in [2.05, 4.69) is 60.3 Å². The Morgan fingerprint density at radius 3 is 2.56 bits per heavy atom. The van der Waals surface area contributed by atoms with Crippen LogP contribution in [0.5, 0.6) is 0 Å². The van der Waals surface area contributed by atoms with Crippen LogP contribution in [0, 0.1) is 26.7 Å². The highest BCUT2D eigenvalue weighted by molar-refractivity contribution is 7.19. The third-order valence-electron chi connectivity index (χ3n) is 5.91. The average Bonchev–Trinajstić information content (AvgIpc) is 3.35. The lowest BCUT2D eigenvalue weighted by atomic mass is 9.99. The van der Waals surface area contributed by atoms with Crippen molar-refractivity contribution in [2.24, 2.45) is 5.92 Å². The summed E-state index contributed by atoms with van der Waals surface area (Å²) in [6.45, 7) is 12.3. The summed E-state index contributed by atoms with van der Waals surface area (Å²) in [5, 5.41) is 13.0. The highest BCUT2D eigenvalue weighted by Gasteiger charge is 2.25. The Morgan fingerprint density at radius 2 is 1.88 bits per heavy atom. The Balaban J connectivity index is 1.72. The number of rotatable bonds is 7. The van der Waals surface area contributed by atoms with Crippen LogP contribution < -0.4 is 10.9 Å². The second-order valence-electron chi connectivity index (χ2n) is 8.98. The van der Waals surface area contributed by atoms with Gasteiger partial charge in [0.25, 0.3) is 5.56 Å². The molecule has 1 atom stereocenters. The number of nitrogens with zero attached hydrogens (tertiary/aromatic N) is 4. The maximum atomic E-state index is 13.7. The molecule has 0 aliphatic heterocycles. The zero-order chi connectivity index (χ0) is 24.6. The van der Waals surface area contributed by atoms with Crippen LogP contribution in [0.3, 0.4) is 0 Å². The molecule has 0 fully saturated rings. The molecule has 4 aromatic rings. The minimum Gasteiger partial charge on any atom is -0.299 e. The molecule has 0 aliphatic carbocycles. The number of carbonyl (C=O) groups excluding carboxylic acids is 1. The van der Waals surface area contributed by atoms with Crippen LogP contribution >= 0.6 is 22.7 Å². The van der Waals surface area contributed by atoms with E-state index in [1.54, 1.807) is 0 Å². The molecule has 0 aliphatic rings. The fraction of sp³-hybridized carbons (Fsp3) is 0.400. The van der Waals surface area contributed by atoms with Crippen molar-refractivity contribution in [3.8, 4) is 11.1 Å². The van der Waals surface area contributed by atoms with Gasteiger partial charge in [0, 0.05) is 16.9 Å². The van der Waals surface area contributed by atoms with Crippen molar-refractivity contribution >= 4 is 43.9 Å². The van der Waals surface area contributed by atoms with Crippen LogP contribution in [-0.4, -0.2) is 25.7 Å². The first-order chi connectivity index (χ1) is 16.2. The van der Waals surface area contributed by atoms with Gasteiger partial charge in [-0.1, -0.05) is 50.3 Å². The number of anilines is 1. The molecule has 0 radical (unpaired) electrons. The van der Waals surface area contributed by atoms with Gasteiger partial charge in [0.15, 0.2) is 0 Å². The van der Waals surface area contributed by atoms with Gasteiger partial charge >= 0.3 is 0 Å². The van der Waals surface area contributed by atoms with Crippen LogP contribution in [0.1, 0.15) is 54.2 Å². The Hall–Kier alpha value is -2.91. The monoisotopic (exact) mass is 495 g/mol. The zero-order valence-electron chi connectivity index (χ0n) is 20.3. The molecule has 1 aromatic carbocycles. The smallest absolute Gasteiger partial charge is 0.263 e. The molecule has 0 bridgehead atoms. The largest absolute Gasteiger partial charge is 0.299 e. The number of fused-ring (bicyclic) bond motifs is 1. The average molecular weight is 496 g/mol. The lowest BCUT2D eigenvalue weighted by Gasteiger charge is -2.16. The van der Waals surface area contributed by atoms with Gasteiger partial charge in [-0.25, -0.2) is 4.98 Å². The van der Waals surface area contributed by atoms with Crippen LogP contribution in [0.15, 0.2) is 29.3 Å². The maximum absolute atomic E-state index is 13.7. The Kier molecular flexibility index (Phi) is 6.95. The molecule has 3 heterocycles. The van der Waals surface area contributed by atoms with Crippen molar-refractivity contribution in [1.29, 1.82) is 0 Å². The molecule has 0 spiro atoms. The lowest BCUT2D eigenvalue weighted by molar-refractivity contribution is -0.119. The van der Waals surface area contributed by atoms with Gasteiger partial charge in [-0.3, -0.25) is 19.5 Å². The number of aryl methyl sites for hydroxylation is 3. The topological polar surface area (TPSA) is 89.8 Å². The first-order valence-electron chi connectivity index (χ1n) is 11.4. The highest BCUT2D eigenvalue weighted by atomic mass is 32.1. The third kappa shape index (κ3) is 4.67. The predicted octanol–water partition coefficient (Wildman–Crippen LogP) is 5.69. The molecule has 9 heteroatoms. The van der Waals surface area contributed by atoms with Crippen molar-refractivity contribution in [1.82, 2.24) is 19.7 Å². The summed E-state index contributed by atoms with van der Waals surface area (Å²) < 4.78 is 1.45. The van der Waals surface area contributed by atoms with E-state index in [0.29, 0.717) is 27.7 Å². The molecule has 7 nitrogen and oxygen atoms in total. The first-order valence-corrected chi connectivity index (χ1v) is 13.0. The number of aromatic nitrogens is 4. The lowest BCUT2D eigenvalue weighted by Crippen LogP contribution is -2.33. The molecular formula is C25H29N5O2S2. The van der Waals surface area contributed by atoms with Crippen molar-refractivity contribution in [2.45, 2.75) is 60.4 Å². The van der Waals surface area contributed by atoms with Crippen molar-refractivity contribution < 1.29 is 4.79 Å². The standard InChI is InChI=1S/C25H29N5O2S2/c1-7-18(22(31)27-25-29-28-19(34-25)10-13(2)3)30-12-26-23-21(24(30)32)20(16(6)33-23)17-9-8-14(4)15(5)11-17/h8-9,11-13,18H,7,10H2,1-6H3,(H,27,29,31). The fourth-order valence-electron chi connectivity index (χ4n) is 4.02. The van der Waals surface area contributed by atoms with E-state index in [-0.39, 0.29) is 11.5 Å². The van der Waals surface area contributed by atoms with E-state index >= 15 is 0 Å². The molecule has 4 rings (SSSR count). The van der Waals surface area contributed by atoms with E-state index in [1.807, 2.05) is 19.9 Å². The van der Waals surface area contributed by atoms with E-state index < -0.39 is 6.04 Å². The number of hydrogen-bond acceptors (Lipinski definition) is 7. The molecule has 1 N–H and O–H groups in total. The maximum Gasteiger partial charge on any atom is 0.263 e. The van der Waals surface area contributed by atoms with Gasteiger partial charge in [0.2, 0.25) is 11.0 Å². The number of amides is 1. The van der Waals surface area contributed by atoms with Crippen LogP contribution in [0.4, 0.5) is 5.13 Å². The Morgan fingerprint density at radius 1 is 1.12 bits per heavy atom. The Labute approximate surface area is 206 Å². The molecule has 3 aromatic heterocycles. The SMILES string of the molecule is CCC(C(=O)Nc1nnc(CC(C)C)s1)n1cnc2sc(C)c(-c3ccc(C)c(C)c3)c2c1=O. The number of nitrogens with one attached hydrogen (secondary N) is 1. The van der Waals surface area contributed by atoms with Gasteiger partial charge in [-0.2, -0.15) is 0 Å². The molecular weight excluding hydrogens is 466 g/mol. The van der Waals surface area contributed by atoms with E-state index in [1.165, 1.54) is 44.7 Å². The van der Waals surface area contributed by atoms with Crippen molar-refractivity contribution in [2.75, 3.05) is 5.32 Å². The zero-order valence-corrected chi connectivity index (χ0v) is 21.9. The van der Waals surface area contributed by atoms with Gasteiger partial charge in [0.1, 0.15) is 15.9 Å². The second-order valence-corrected chi connectivity index (χ2v) is 11.2. The van der Waals surface area contributed by atoms with E-state index in [4.69, 9.17) is 0 Å². The van der Waals surface area contributed by atoms with Crippen LogP contribution in [0.25, 0.3) is 21.3 Å². The summed E-state index contributed by atoms with van der Waals surface area (Å²) in [5.74, 6) is 0.162. The van der Waals surface area contributed by atoms with Crippen molar-refractivity contribution in [3.05, 3.63) is 55.9 Å². The quantitative estimate of drug-likeness (QED) is 0.356. The van der Waals surface area contributed by atoms with Gasteiger partial charge < -0.3 is 0 Å². The third-order valence-corrected chi connectivity index (χ3v) is 7.79. The Bertz CT molecular complexity index is 1420. The van der Waals surface area contributed by atoms with Crippen LogP contribution in [0.2, 0.25) is 0 Å². The first kappa shape index (κ1) is 24.2. The minimum absolute atomic E-state index is 0.206. The summed E-state index contributed by atoms with van der Waals surface area (Å²) in [7, 11) is 0. The molecule has 34 heavy (non-hydrogen) atoms.